The van der Waals surface area contributed by atoms with Crippen molar-refractivity contribution < 1.29 is 27.8 Å². The van der Waals surface area contributed by atoms with Crippen molar-refractivity contribution in [1.82, 2.24) is 19.7 Å². The predicted molar refractivity (Wildman–Crippen MR) is 123 cm³/mol. The number of alkyl halides is 2. The molecule has 0 fully saturated rings. The Labute approximate surface area is 202 Å². The maximum Gasteiger partial charge on any atom is 0.586 e. The highest BCUT2D eigenvalue weighted by atomic mass is 32.2. The fourth-order valence-corrected chi connectivity index (χ4v) is 4.12. The van der Waals surface area contributed by atoms with Gasteiger partial charge in [0.05, 0.1) is 12.9 Å². The Morgan fingerprint density at radius 1 is 1.06 bits per heavy atom. The number of ether oxygens (including phenoxy) is 3. The molecular weight excluding hydrogens is 480 g/mol. The van der Waals surface area contributed by atoms with E-state index in [0.717, 1.165) is 11.3 Å². The number of methoxy groups -OCH3 is 1. The van der Waals surface area contributed by atoms with Crippen molar-refractivity contribution in [2.75, 3.05) is 18.2 Å². The number of amides is 1. The Balaban J connectivity index is 1.35. The average molecular weight is 497 g/mol. The Morgan fingerprint density at radius 3 is 2.54 bits per heavy atom. The van der Waals surface area contributed by atoms with Crippen molar-refractivity contribution in [3.63, 3.8) is 0 Å². The van der Waals surface area contributed by atoms with Gasteiger partial charge in [-0.2, -0.15) is 0 Å². The van der Waals surface area contributed by atoms with Crippen LogP contribution in [0.2, 0.25) is 0 Å². The van der Waals surface area contributed by atoms with Gasteiger partial charge >= 0.3 is 6.29 Å². The maximum absolute atomic E-state index is 13.2. The summed E-state index contributed by atoms with van der Waals surface area (Å²) in [5, 5.41) is 11.7. The third-order valence-electron chi connectivity index (χ3n) is 4.92. The Morgan fingerprint density at radius 2 is 1.80 bits per heavy atom. The molecule has 5 rings (SSSR count). The molecule has 2 aromatic carbocycles. The van der Waals surface area contributed by atoms with Crippen LogP contribution in [0.5, 0.6) is 17.2 Å². The number of benzene rings is 2. The fraction of sp³-hybridized carbons (Fsp3) is 0.130. The molecule has 1 aliphatic heterocycles. The molecule has 0 aliphatic carbocycles. The summed E-state index contributed by atoms with van der Waals surface area (Å²) >= 11 is 1.17. The first-order chi connectivity index (χ1) is 16.9. The molecule has 4 aromatic rings. The van der Waals surface area contributed by atoms with Crippen molar-refractivity contribution >= 4 is 23.4 Å². The molecule has 0 radical (unpaired) electrons. The molecule has 0 atom stereocenters. The highest BCUT2D eigenvalue weighted by Crippen LogP contribution is 2.42. The van der Waals surface area contributed by atoms with Gasteiger partial charge < -0.3 is 19.5 Å². The first kappa shape index (κ1) is 22.6. The van der Waals surface area contributed by atoms with E-state index in [1.807, 2.05) is 41.0 Å². The summed E-state index contributed by atoms with van der Waals surface area (Å²) in [5.41, 5.74) is 1.88. The second kappa shape index (κ2) is 9.22. The molecule has 9 nitrogen and oxygen atoms in total. The lowest BCUT2D eigenvalue weighted by molar-refractivity contribution is -0.286. The van der Waals surface area contributed by atoms with E-state index in [1.165, 1.54) is 30.0 Å². The Kier molecular flexibility index (Phi) is 5.95. The van der Waals surface area contributed by atoms with E-state index in [9.17, 15) is 13.6 Å². The predicted octanol–water partition coefficient (Wildman–Crippen LogP) is 4.39. The normalized spacial score (nSPS) is 13.5. The van der Waals surface area contributed by atoms with Crippen molar-refractivity contribution in [2.24, 2.45) is 0 Å². The van der Waals surface area contributed by atoms with Gasteiger partial charge in [-0.1, -0.05) is 11.8 Å². The number of pyridine rings is 1. The van der Waals surface area contributed by atoms with Gasteiger partial charge in [-0.25, -0.2) is 0 Å². The lowest BCUT2D eigenvalue weighted by Gasteiger charge is -2.11. The van der Waals surface area contributed by atoms with Crippen LogP contribution in [0, 0.1) is 0 Å². The summed E-state index contributed by atoms with van der Waals surface area (Å²) in [4.78, 5) is 16.6. The standard InChI is InChI=1S/C23H17F2N5O4S/c1-32-17-5-3-16(4-6-17)30-21(14-8-10-26-11-9-14)28-29-22(30)35-13-20(31)27-15-2-7-18-19(12-15)34-23(24,25)33-18/h2-12H,13H2,1H3,(H,27,31). The molecule has 1 aliphatic rings. The number of aromatic nitrogens is 4. The molecule has 1 N–H and O–H groups in total. The summed E-state index contributed by atoms with van der Waals surface area (Å²) in [6.07, 6.45) is -0.410. The highest BCUT2D eigenvalue weighted by Gasteiger charge is 2.43. The second-order valence-electron chi connectivity index (χ2n) is 7.24. The van der Waals surface area contributed by atoms with E-state index in [-0.39, 0.29) is 23.2 Å². The number of hydrogen-bond acceptors (Lipinski definition) is 8. The molecule has 1 amide bonds. The smallest absolute Gasteiger partial charge is 0.497 e. The lowest BCUT2D eigenvalue weighted by Crippen LogP contribution is -2.25. The molecular formula is C23H17F2N5O4S. The first-order valence-electron chi connectivity index (χ1n) is 10.2. The van der Waals surface area contributed by atoms with Crippen LogP contribution in [0.25, 0.3) is 17.1 Å². The molecule has 35 heavy (non-hydrogen) atoms. The summed E-state index contributed by atoms with van der Waals surface area (Å²) in [5.74, 6) is 0.657. The van der Waals surface area contributed by atoms with Crippen LogP contribution >= 0.6 is 11.8 Å². The third-order valence-corrected chi connectivity index (χ3v) is 5.85. The van der Waals surface area contributed by atoms with Crippen molar-refractivity contribution in [3.05, 3.63) is 67.0 Å². The number of rotatable bonds is 7. The van der Waals surface area contributed by atoms with E-state index in [1.54, 1.807) is 19.5 Å². The monoisotopic (exact) mass is 497 g/mol. The molecule has 12 heteroatoms. The molecule has 0 saturated heterocycles. The van der Waals surface area contributed by atoms with Crippen LogP contribution in [-0.4, -0.2) is 44.8 Å². The van der Waals surface area contributed by atoms with E-state index >= 15 is 0 Å². The topological polar surface area (TPSA) is 100 Å². The zero-order valence-electron chi connectivity index (χ0n) is 18.1. The minimum atomic E-state index is -3.72. The van der Waals surface area contributed by atoms with Gasteiger partial charge in [-0.15, -0.1) is 19.0 Å². The number of fused-ring (bicyclic) bond motifs is 1. The molecule has 0 unspecified atom stereocenters. The number of hydrogen-bond donors (Lipinski definition) is 1. The zero-order valence-corrected chi connectivity index (χ0v) is 19.0. The summed E-state index contributed by atoms with van der Waals surface area (Å²) < 4.78 is 42.3. The highest BCUT2D eigenvalue weighted by molar-refractivity contribution is 7.99. The van der Waals surface area contributed by atoms with Crippen LogP contribution in [0.4, 0.5) is 14.5 Å². The van der Waals surface area contributed by atoms with Gasteiger partial charge in [-0.05, 0) is 48.5 Å². The van der Waals surface area contributed by atoms with E-state index in [4.69, 9.17) is 4.74 Å². The van der Waals surface area contributed by atoms with Crippen LogP contribution in [-0.2, 0) is 4.79 Å². The third kappa shape index (κ3) is 4.87. The number of nitrogens with one attached hydrogen (secondary N) is 1. The SMILES string of the molecule is COc1ccc(-n2c(SCC(=O)Nc3ccc4c(c3)OC(F)(F)O4)nnc2-c2ccncc2)cc1. The second-order valence-corrected chi connectivity index (χ2v) is 8.18. The molecule has 3 heterocycles. The molecule has 0 bridgehead atoms. The van der Waals surface area contributed by atoms with Gasteiger partial charge in [0.15, 0.2) is 22.5 Å². The quantitative estimate of drug-likeness (QED) is 0.375. The first-order valence-corrected chi connectivity index (χ1v) is 11.2. The molecule has 2 aromatic heterocycles. The van der Waals surface area contributed by atoms with Gasteiger partial charge in [0.1, 0.15) is 5.75 Å². The molecule has 0 spiro atoms. The number of anilines is 1. The zero-order chi connectivity index (χ0) is 24.4. The molecule has 178 valence electrons. The Bertz CT molecular complexity index is 1370. The number of halogens is 2. The van der Waals surface area contributed by atoms with Crippen molar-refractivity contribution in [1.29, 1.82) is 0 Å². The lowest BCUT2D eigenvalue weighted by atomic mass is 10.2. The largest absolute Gasteiger partial charge is 0.586 e. The minimum absolute atomic E-state index is 0.00473. The average Bonchev–Trinajstić information content (AvgIpc) is 3.42. The van der Waals surface area contributed by atoms with Crippen molar-refractivity contribution in [2.45, 2.75) is 11.5 Å². The number of carbonyl (C=O) groups is 1. The van der Waals surface area contributed by atoms with Crippen LogP contribution in [0.1, 0.15) is 0 Å². The van der Waals surface area contributed by atoms with Gasteiger partial charge in [0.25, 0.3) is 0 Å². The summed E-state index contributed by atoms with van der Waals surface area (Å²) in [6.45, 7) is 0. The molecule has 0 saturated carbocycles. The van der Waals surface area contributed by atoms with E-state index in [2.05, 4.69) is 30.0 Å². The maximum atomic E-state index is 13.2. The summed E-state index contributed by atoms with van der Waals surface area (Å²) in [6, 6.07) is 15.0. The van der Waals surface area contributed by atoms with Gasteiger partial charge in [-0.3, -0.25) is 14.3 Å². The minimum Gasteiger partial charge on any atom is -0.497 e. The number of nitrogens with zero attached hydrogens (tertiary/aromatic N) is 4. The van der Waals surface area contributed by atoms with E-state index < -0.39 is 6.29 Å². The van der Waals surface area contributed by atoms with Gasteiger partial charge in [0, 0.05) is 35.4 Å². The van der Waals surface area contributed by atoms with Crippen LogP contribution < -0.4 is 19.5 Å². The fourth-order valence-electron chi connectivity index (χ4n) is 3.37. The van der Waals surface area contributed by atoms with Crippen LogP contribution in [0.3, 0.4) is 0 Å². The summed E-state index contributed by atoms with van der Waals surface area (Å²) in [7, 11) is 1.59. The van der Waals surface area contributed by atoms with Gasteiger partial charge in [0.2, 0.25) is 5.91 Å². The van der Waals surface area contributed by atoms with E-state index in [0.29, 0.717) is 22.4 Å². The Hall–Kier alpha value is -4.19. The van der Waals surface area contributed by atoms with Crippen molar-refractivity contribution in [3.8, 4) is 34.3 Å². The number of carbonyl (C=O) groups excluding carboxylic acids is 1. The van der Waals surface area contributed by atoms with Crippen LogP contribution in [0.15, 0.2) is 72.1 Å². The number of thioether (sulfide) groups is 1.